The molecular weight excluding hydrogens is 423 g/mol. The van der Waals surface area contributed by atoms with Crippen LogP contribution >= 0.6 is 22.6 Å². The van der Waals surface area contributed by atoms with Crippen LogP contribution in [-0.2, 0) is 0 Å². The van der Waals surface area contributed by atoms with Gasteiger partial charge in [-0.3, -0.25) is 0 Å². The Morgan fingerprint density at radius 1 is 1.29 bits per heavy atom. The maximum Gasteiger partial charge on any atom is 0.273 e. The molecule has 124 valence electrons. The molecule has 0 atom stereocenters. The highest BCUT2D eigenvalue weighted by Gasteiger charge is 2.11. The van der Waals surface area contributed by atoms with E-state index in [2.05, 4.69) is 20.4 Å². The molecule has 0 aliphatic rings. The molecule has 0 saturated heterocycles. The Morgan fingerprint density at radius 3 is 2.75 bits per heavy atom. The second kappa shape index (κ2) is 6.59. The van der Waals surface area contributed by atoms with E-state index < -0.39 is 0 Å². The quantitative estimate of drug-likeness (QED) is 0.499. The zero-order valence-corrected chi connectivity index (χ0v) is 15.5. The van der Waals surface area contributed by atoms with E-state index in [1.165, 1.54) is 18.1 Å². The largest absolute Gasteiger partial charge is 0.504 e. The van der Waals surface area contributed by atoms with Gasteiger partial charge in [0, 0.05) is 5.69 Å². The maximum absolute atomic E-state index is 9.89. The molecule has 0 bridgehead atoms. The predicted octanol–water partition coefficient (Wildman–Crippen LogP) is 2.28. The number of aromatic hydroxyl groups is 1. The number of benzene rings is 1. The fourth-order valence-corrected chi connectivity index (χ4v) is 2.85. The minimum atomic E-state index is 0.114. The molecule has 0 aliphatic heterocycles. The van der Waals surface area contributed by atoms with Crippen molar-refractivity contribution in [2.75, 3.05) is 7.11 Å². The number of halogens is 1. The molecule has 0 saturated carbocycles. The van der Waals surface area contributed by atoms with Crippen LogP contribution in [0.4, 0.5) is 0 Å². The summed E-state index contributed by atoms with van der Waals surface area (Å²) in [4.78, 5) is 0. The number of methoxy groups -OCH3 is 1. The summed E-state index contributed by atoms with van der Waals surface area (Å²) in [6.45, 7) is 3.86. The van der Waals surface area contributed by atoms with Crippen LogP contribution in [0.25, 0.3) is 5.95 Å². The first-order valence-corrected chi connectivity index (χ1v) is 8.12. The summed E-state index contributed by atoms with van der Waals surface area (Å²) in [6.07, 6.45) is 3.15. The lowest BCUT2D eigenvalue weighted by atomic mass is 10.2. The van der Waals surface area contributed by atoms with Crippen molar-refractivity contribution in [3.8, 4) is 17.4 Å². The Labute approximate surface area is 151 Å². The van der Waals surface area contributed by atoms with Crippen molar-refractivity contribution in [1.29, 1.82) is 0 Å². The molecule has 2 aromatic heterocycles. The average Bonchev–Trinajstić information content (AvgIpc) is 3.13. The average molecular weight is 438 g/mol. The number of phenols is 1. The Bertz CT molecular complexity index is 915. The normalized spacial score (nSPS) is 11.3. The molecule has 24 heavy (non-hydrogen) atoms. The molecule has 1 N–H and O–H groups in total. The van der Waals surface area contributed by atoms with Gasteiger partial charge < -0.3 is 9.84 Å². The molecule has 0 radical (unpaired) electrons. The Kier molecular flexibility index (Phi) is 4.51. The zero-order chi connectivity index (χ0) is 17.3. The van der Waals surface area contributed by atoms with Crippen molar-refractivity contribution < 1.29 is 9.84 Å². The van der Waals surface area contributed by atoms with Gasteiger partial charge in [0.15, 0.2) is 11.5 Å². The van der Waals surface area contributed by atoms with E-state index in [0.717, 1.165) is 17.0 Å². The van der Waals surface area contributed by atoms with Gasteiger partial charge in [0.25, 0.3) is 5.95 Å². The second-order valence-electron chi connectivity index (χ2n) is 5.11. The third-order valence-electron chi connectivity index (χ3n) is 3.31. The van der Waals surface area contributed by atoms with Gasteiger partial charge in [0.1, 0.15) is 6.33 Å². The highest BCUT2D eigenvalue weighted by atomic mass is 127. The van der Waals surface area contributed by atoms with Crippen LogP contribution in [0.2, 0.25) is 0 Å². The number of nitrogens with zero attached hydrogens (tertiary/aromatic N) is 6. The first-order chi connectivity index (χ1) is 11.5. The maximum atomic E-state index is 9.89. The van der Waals surface area contributed by atoms with Gasteiger partial charge in [-0.2, -0.15) is 14.9 Å². The molecule has 0 fully saturated rings. The fraction of sp³-hybridized carbons (Fsp3) is 0.200. The summed E-state index contributed by atoms with van der Waals surface area (Å²) in [5, 5.41) is 26.6. The lowest BCUT2D eigenvalue weighted by Gasteiger charge is -2.06. The number of aromatic nitrogens is 5. The number of rotatable bonds is 4. The second-order valence-corrected chi connectivity index (χ2v) is 6.27. The molecule has 0 aliphatic carbocycles. The molecule has 3 aromatic rings. The SMILES string of the molecule is COc1cc(C=Nn2cnnc2-n2nc(C)cc2C)cc(I)c1O. The molecule has 1 aromatic carbocycles. The van der Waals surface area contributed by atoms with E-state index in [1.807, 2.05) is 42.5 Å². The van der Waals surface area contributed by atoms with Gasteiger partial charge in [-0.25, -0.2) is 4.68 Å². The predicted molar refractivity (Wildman–Crippen MR) is 97.0 cm³/mol. The Hall–Kier alpha value is -2.43. The lowest BCUT2D eigenvalue weighted by Crippen LogP contribution is -2.06. The van der Waals surface area contributed by atoms with E-state index in [1.54, 1.807) is 23.0 Å². The van der Waals surface area contributed by atoms with Crippen LogP contribution in [0.1, 0.15) is 17.0 Å². The summed E-state index contributed by atoms with van der Waals surface area (Å²) in [5.74, 6) is 1.01. The van der Waals surface area contributed by atoms with Gasteiger partial charge in [-0.05, 0) is 60.2 Å². The fourth-order valence-electron chi connectivity index (χ4n) is 2.23. The summed E-state index contributed by atoms with van der Waals surface area (Å²) < 4.78 is 9.04. The number of hydrogen-bond acceptors (Lipinski definition) is 6. The molecule has 8 nitrogen and oxygen atoms in total. The van der Waals surface area contributed by atoms with Crippen molar-refractivity contribution in [3.63, 3.8) is 0 Å². The monoisotopic (exact) mass is 438 g/mol. The molecule has 9 heteroatoms. The zero-order valence-electron chi connectivity index (χ0n) is 13.3. The van der Waals surface area contributed by atoms with E-state index in [0.29, 0.717) is 15.3 Å². The third kappa shape index (κ3) is 3.11. The first kappa shape index (κ1) is 16.4. The van der Waals surface area contributed by atoms with Crippen molar-refractivity contribution in [3.05, 3.63) is 45.0 Å². The van der Waals surface area contributed by atoms with Crippen molar-refractivity contribution in [1.82, 2.24) is 24.7 Å². The standard InChI is InChI=1S/C15H15IN6O2/c1-9-4-10(2)22(20-9)15-19-17-8-21(15)18-7-11-5-12(16)14(23)13(6-11)24-3/h4-8,23H,1-3H3. The number of aryl methyl sites for hydroxylation is 2. The number of phenolic OH excluding ortho intramolecular Hbond substituents is 1. The van der Waals surface area contributed by atoms with Crippen LogP contribution in [0.5, 0.6) is 11.5 Å². The summed E-state index contributed by atoms with van der Waals surface area (Å²) in [5.41, 5.74) is 2.61. The first-order valence-electron chi connectivity index (χ1n) is 7.04. The Morgan fingerprint density at radius 2 is 2.08 bits per heavy atom. The van der Waals surface area contributed by atoms with E-state index in [4.69, 9.17) is 4.74 Å². The lowest BCUT2D eigenvalue weighted by molar-refractivity contribution is 0.371. The molecule has 0 amide bonds. The van der Waals surface area contributed by atoms with Crippen molar-refractivity contribution >= 4 is 28.8 Å². The summed E-state index contributed by atoms with van der Waals surface area (Å²) in [7, 11) is 1.51. The smallest absolute Gasteiger partial charge is 0.273 e. The van der Waals surface area contributed by atoms with Crippen LogP contribution < -0.4 is 4.74 Å². The van der Waals surface area contributed by atoms with Crippen LogP contribution in [-0.4, -0.2) is 43.1 Å². The van der Waals surface area contributed by atoms with Gasteiger partial charge >= 0.3 is 0 Å². The van der Waals surface area contributed by atoms with Crippen molar-refractivity contribution in [2.45, 2.75) is 13.8 Å². The molecule has 2 heterocycles. The van der Waals surface area contributed by atoms with Crippen LogP contribution in [0.3, 0.4) is 0 Å². The molecule has 0 spiro atoms. The van der Waals surface area contributed by atoms with E-state index >= 15 is 0 Å². The van der Waals surface area contributed by atoms with Crippen molar-refractivity contribution in [2.24, 2.45) is 5.10 Å². The topological polar surface area (TPSA) is 90.4 Å². The molecular formula is C15H15IN6O2. The minimum absolute atomic E-state index is 0.114. The van der Waals surface area contributed by atoms with Gasteiger partial charge in [0.05, 0.1) is 22.6 Å². The third-order valence-corrected chi connectivity index (χ3v) is 4.14. The van der Waals surface area contributed by atoms with Gasteiger partial charge in [-0.15, -0.1) is 10.2 Å². The minimum Gasteiger partial charge on any atom is -0.504 e. The van der Waals surface area contributed by atoms with Crippen LogP contribution in [0.15, 0.2) is 29.6 Å². The highest BCUT2D eigenvalue weighted by Crippen LogP contribution is 2.31. The van der Waals surface area contributed by atoms with E-state index in [-0.39, 0.29) is 5.75 Å². The van der Waals surface area contributed by atoms with Crippen LogP contribution in [0, 0.1) is 17.4 Å². The highest BCUT2D eigenvalue weighted by molar-refractivity contribution is 14.1. The van der Waals surface area contributed by atoms with Gasteiger partial charge in [0.2, 0.25) is 0 Å². The summed E-state index contributed by atoms with van der Waals surface area (Å²) in [6, 6.07) is 5.46. The van der Waals surface area contributed by atoms with Gasteiger partial charge in [-0.1, -0.05) is 0 Å². The number of hydrogen-bond donors (Lipinski definition) is 1. The number of ether oxygens (including phenoxy) is 1. The molecule has 0 unspecified atom stereocenters. The van der Waals surface area contributed by atoms with E-state index in [9.17, 15) is 5.11 Å². The Balaban J connectivity index is 1.96. The summed E-state index contributed by atoms with van der Waals surface area (Å²) >= 11 is 2.04. The molecule has 3 rings (SSSR count).